The molecule has 0 unspecified atom stereocenters. The molecule has 0 bridgehead atoms. The molecule has 0 aliphatic carbocycles. The molecule has 8 heteroatoms. The van der Waals surface area contributed by atoms with Gasteiger partial charge in [0, 0.05) is 51.0 Å². The molecule has 0 aromatic heterocycles. The first kappa shape index (κ1) is 24.8. The molecule has 3 fully saturated rings. The van der Waals surface area contributed by atoms with Gasteiger partial charge in [-0.3, -0.25) is 9.69 Å². The lowest BCUT2D eigenvalue weighted by Crippen LogP contribution is -2.50. The minimum atomic E-state index is -0.948. The fourth-order valence-corrected chi connectivity index (χ4v) is 6.35. The Labute approximate surface area is 202 Å². The lowest BCUT2D eigenvalue weighted by Gasteiger charge is -2.41. The number of nitrogens with zero attached hydrogens (tertiary/aromatic N) is 4. The summed E-state index contributed by atoms with van der Waals surface area (Å²) in [7, 11) is 1.64. The maximum Gasteiger partial charge on any atom is 0.407 e. The Balaban J connectivity index is 1.45. The molecule has 2 atom stereocenters. The van der Waals surface area contributed by atoms with E-state index in [1.165, 1.54) is 22.6 Å². The Hall–Kier alpha value is -2.35. The van der Waals surface area contributed by atoms with Crippen molar-refractivity contribution in [3.05, 3.63) is 24.0 Å². The number of hydrogen-bond acceptors (Lipinski definition) is 4. The first-order valence-corrected chi connectivity index (χ1v) is 12.8. The minimum Gasteiger partial charge on any atom is -0.465 e. The molecule has 4 rings (SSSR count). The smallest absolute Gasteiger partial charge is 0.407 e. The van der Waals surface area contributed by atoms with Gasteiger partial charge >= 0.3 is 6.09 Å². The number of carboxylic acid groups (broad SMARTS) is 1. The van der Waals surface area contributed by atoms with Gasteiger partial charge in [-0.25, -0.2) is 9.18 Å². The fourth-order valence-electron chi connectivity index (χ4n) is 6.35. The summed E-state index contributed by atoms with van der Waals surface area (Å²) >= 11 is 0. The molecule has 188 valence electrons. The van der Waals surface area contributed by atoms with Crippen molar-refractivity contribution in [3.63, 3.8) is 0 Å². The molecule has 0 spiro atoms. The number of benzene rings is 1. The average Bonchev–Trinajstić information content (AvgIpc) is 3.47. The minimum absolute atomic E-state index is 0.115. The quantitative estimate of drug-likeness (QED) is 0.662. The van der Waals surface area contributed by atoms with Crippen molar-refractivity contribution < 1.29 is 19.1 Å². The van der Waals surface area contributed by atoms with Crippen molar-refractivity contribution in [1.29, 1.82) is 0 Å². The maximum absolute atomic E-state index is 15.3. The van der Waals surface area contributed by atoms with Crippen LogP contribution in [0.4, 0.5) is 20.6 Å². The molecule has 1 aromatic carbocycles. The van der Waals surface area contributed by atoms with Gasteiger partial charge in [0.15, 0.2) is 0 Å². The van der Waals surface area contributed by atoms with E-state index in [1.807, 2.05) is 13.0 Å². The van der Waals surface area contributed by atoms with E-state index in [-0.39, 0.29) is 17.4 Å². The summed E-state index contributed by atoms with van der Waals surface area (Å²) in [6.07, 6.45) is 5.10. The zero-order chi connectivity index (χ0) is 24.5. The molecule has 3 aliphatic rings. The Morgan fingerprint density at radius 3 is 2.50 bits per heavy atom. The van der Waals surface area contributed by atoms with Gasteiger partial charge in [0.25, 0.3) is 0 Å². The van der Waals surface area contributed by atoms with Crippen molar-refractivity contribution in [1.82, 2.24) is 9.80 Å². The zero-order valence-electron chi connectivity index (χ0n) is 20.8. The third-order valence-corrected chi connectivity index (χ3v) is 8.37. The lowest BCUT2D eigenvalue weighted by atomic mass is 9.73. The van der Waals surface area contributed by atoms with Gasteiger partial charge in [-0.1, -0.05) is 13.3 Å². The van der Waals surface area contributed by atoms with Crippen LogP contribution in [0.3, 0.4) is 0 Å². The van der Waals surface area contributed by atoms with Crippen LogP contribution in [0.5, 0.6) is 0 Å². The lowest BCUT2D eigenvalue weighted by molar-refractivity contribution is -0.131. The monoisotopic (exact) mass is 474 g/mol. The highest BCUT2D eigenvalue weighted by Crippen LogP contribution is 2.40. The SMILES string of the molecule is CCCC1(C(=O)N(C)c2ccc(N3CC[C@H](N4CCC[C@@H]4C)C3)cc2F)CCN(C(=O)O)CC1. The highest BCUT2D eigenvalue weighted by Gasteiger charge is 2.43. The van der Waals surface area contributed by atoms with E-state index in [2.05, 4.69) is 16.7 Å². The van der Waals surface area contributed by atoms with Gasteiger partial charge in [-0.2, -0.15) is 0 Å². The molecule has 2 amide bonds. The van der Waals surface area contributed by atoms with Crippen LogP contribution in [-0.4, -0.2) is 78.8 Å². The van der Waals surface area contributed by atoms with Crippen molar-refractivity contribution in [2.45, 2.75) is 70.9 Å². The fraction of sp³-hybridized carbons (Fsp3) is 0.692. The molecule has 0 saturated carbocycles. The molecular formula is C26H39FN4O3. The number of halogens is 1. The van der Waals surface area contributed by atoms with Gasteiger partial charge in [-0.15, -0.1) is 0 Å². The number of carbonyl (C=O) groups excluding carboxylic acids is 1. The normalized spacial score (nSPS) is 25.1. The predicted molar refractivity (Wildman–Crippen MR) is 132 cm³/mol. The van der Waals surface area contributed by atoms with E-state index in [4.69, 9.17) is 0 Å². The summed E-state index contributed by atoms with van der Waals surface area (Å²) in [5.41, 5.74) is 0.512. The summed E-state index contributed by atoms with van der Waals surface area (Å²) in [6.45, 7) is 7.99. The van der Waals surface area contributed by atoms with E-state index in [0.717, 1.165) is 38.2 Å². The molecule has 3 saturated heterocycles. The number of piperidine rings is 1. The van der Waals surface area contributed by atoms with Crippen LogP contribution in [0.2, 0.25) is 0 Å². The number of amides is 2. The zero-order valence-corrected chi connectivity index (χ0v) is 20.8. The summed E-state index contributed by atoms with van der Waals surface area (Å²) in [5.74, 6) is -0.503. The molecule has 1 N–H and O–H groups in total. The van der Waals surface area contributed by atoms with E-state index in [1.54, 1.807) is 19.2 Å². The highest BCUT2D eigenvalue weighted by molar-refractivity contribution is 5.97. The highest BCUT2D eigenvalue weighted by atomic mass is 19.1. The van der Waals surface area contributed by atoms with E-state index in [9.17, 15) is 14.7 Å². The third-order valence-electron chi connectivity index (χ3n) is 8.37. The van der Waals surface area contributed by atoms with Gasteiger partial charge in [0.1, 0.15) is 5.82 Å². The second-order valence-corrected chi connectivity index (χ2v) is 10.4. The van der Waals surface area contributed by atoms with Crippen LogP contribution in [0.15, 0.2) is 18.2 Å². The van der Waals surface area contributed by atoms with Crippen molar-refractivity contribution in [3.8, 4) is 0 Å². The molecule has 1 aromatic rings. The van der Waals surface area contributed by atoms with Gasteiger partial charge in [-0.05, 0) is 70.2 Å². The first-order chi connectivity index (χ1) is 16.3. The van der Waals surface area contributed by atoms with Gasteiger partial charge in [0.05, 0.1) is 11.1 Å². The Morgan fingerprint density at radius 2 is 1.91 bits per heavy atom. The molecule has 7 nitrogen and oxygen atoms in total. The van der Waals surface area contributed by atoms with E-state index >= 15 is 4.39 Å². The standard InChI is InChI=1S/C26H39FN4O3/c1-4-10-26(11-15-29(16-12-26)25(33)34)24(32)28(3)23-8-7-20(17-22(23)27)30-14-9-21(18-30)31-13-5-6-19(31)2/h7-8,17,19,21H,4-6,9-16,18H2,1-3H3,(H,33,34)/t19-,21-/m0/s1. The van der Waals surface area contributed by atoms with Crippen molar-refractivity contribution in [2.75, 3.05) is 49.6 Å². The summed E-state index contributed by atoms with van der Waals surface area (Å²) < 4.78 is 15.3. The number of hydrogen-bond donors (Lipinski definition) is 1. The number of anilines is 2. The van der Waals surface area contributed by atoms with Crippen molar-refractivity contribution >= 4 is 23.4 Å². The Morgan fingerprint density at radius 1 is 1.18 bits per heavy atom. The second-order valence-electron chi connectivity index (χ2n) is 10.4. The van der Waals surface area contributed by atoms with Crippen molar-refractivity contribution in [2.24, 2.45) is 5.41 Å². The topological polar surface area (TPSA) is 67.3 Å². The average molecular weight is 475 g/mol. The van der Waals surface area contributed by atoms with E-state index in [0.29, 0.717) is 44.4 Å². The number of carbonyl (C=O) groups is 2. The Kier molecular flexibility index (Phi) is 7.36. The largest absolute Gasteiger partial charge is 0.465 e. The number of rotatable bonds is 6. The van der Waals surface area contributed by atoms with Crippen LogP contribution < -0.4 is 9.80 Å². The van der Waals surface area contributed by atoms with Crippen LogP contribution in [-0.2, 0) is 4.79 Å². The predicted octanol–water partition coefficient (Wildman–Crippen LogP) is 4.41. The van der Waals surface area contributed by atoms with Gasteiger partial charge < -0.3 is 19.8 Å². The first-order valence-electron chi connectivity index (χ1n) is 12.8. The van der Waals surface area contributed by atoms with Crippen LogP contribution in [0, 0.1) is 11.2 Å². The molecule has 0 radical (unpaired) electrons. The molecule has 34 heavy (non-hydrogen) atoms. The van der Waals surface area contributed by atoms with E-state index < -0.39 is 11.5 Å². The van der Waals surface area contributed by atoms with Crippen LogP contribution in [0.1, 0.15) is 58.8 Å². The second kappa shape index (κ2) is 10.1. The Bertz CT molecular complexity index is 902. The molecular weight excluding hydrogens is 435 g/mol. The molecule has 3 aliphatic heterocycles. The summed E-state index contributed by atoms with van der Waals surface area (Å²) in [5, 5.41) is 9.28. The summed E-state index contributed by atoms with van der Waals surface area (Å²) in [6, 6.07) is 6.36. The third kappa shape index (κ3) is 4.74. The molecule has 3 heterocycles. The van der Waals surface area contributed by atoms with Gasteiger partial charge in [0.2, 0.25) is 5.91 Å². The maximum atomic E-state index is 15.3. The van der Waals surface area contributed by atoms with Crippen LogP contribution in [0.25, 0.3) is 0 Å². The summed E-state index contributed by atoms with van der Waals surface area (Å²) in [4.78, 5) is 32.6. The number of likely N-dealkylation sites (tertiary alicyclic amines) is 2. The van der Waals surface area contributed by atoms with Crippen LogP contribution >= 0.6 is 0 Å².